The smallest absolute Gasteiger partial charge is 0.336 e. The topological polar surface area (TPSA) is 62.1 Å². The van der Waals surface area contributed by atoms with Gasteiger partial charge in [-0.2, -0.15) is 0 Å². The molecule has 0 atom stereocenters. The van der Waals surface area contributed by atoms with Crippen molar-refractivity contribution in [1.82, 2.24) is 0 Å². The quantitative estimate of drug-likeness (QED) is 0.865. The van der Waals surface area contributed by atoms with Crippen LogP contribution >= 0.6 is 0 Å². The Labute approximate surface area is 145 Å². The average Bonchev–Trinajstić information content (AvgIpc) is 2.61. The third kappa shape index (κ3) is 3.85. The third-order valence-electron chi connectivity index (χ3n) is 4.21. The van der Waals surface area contributed by atoms with E-state index in [4.69, 9.17) is 9.84 Å². The van der Waals surface area contributed by atoms with Gasteiger partial charge in [-0.05, 0) is 42.3 Å². The maximum Gasteiger partial charge on any atom is 0.336 e. The zero-order valence-corrected chi connectivity index (χ0v) is 13.9. The average molecular weight is 342 g/mol. The molecule has 0 unspecified atom stereocenters. The SMILES string of the molecule is Cc1c(N=Cc2ccc(N3CCOCC3)c(F)c2)cccc1C(=O)O. The first-order valence-corrected chi connectivity index (χ1v) is 8.05. The number of ether oxygens (including phenoxy) is 1. The molecule has 1 N–H and O–H groups in total. The van der Waals surface area contributed by atoms with Crippen molar-refractivity contribution in [2.75, 3.05) is 31.2 Å². The number of halogens is 1. The van der Waals surface area contributed by atoms with Gasteiger partial charge in [0.05, 0.1) is 30.2 Å². The van der Waals surface area contributed by atoms with Gasteiger partial charge in [0.1, 0.15) is 5.82 Å². The fourth-order valence-corrected chi connectivity index (χ4v) is 2.80. The van der Waals surface area contributed by atoms with Crippen molar-refractivity contribution in [3.05, 3.63) is 58.9 Å². The number of anilines is 1. The van der Waals surface area contributed by atoms with E-state index in [0.717, 1.165) is 0 Å². The standard InChI is InChI=1S/C19H19FN2O3/c1-13-15(19(23)24)3-2-4-17(13)21-12-14-5-6-18(16(20)11-14)22-7-9-25-10-8-22/h2-6,11-12H,7-10H2,1H3,(H,23,24). The lowest BCUT2D eigenvalue weighted by molar-refractivity contribution is 0.0696. The molecule has 0 bridgehead atoms. The van der Waals surface area contributed by atoms with Crippen LogP contribution in [0.5, 0.6) is 0 Å². The second-order valence-electron chi connectivity index (χ2n) is 5.82. The minimum atomic E-state index is -0.990. The predicted molar refractivity (Wildman–Crippen MR) is 94.8 cm³/mol. The minimum absolute atomic E-state index is 0.212. The molecule has 3 rings (SSSR count). The van der Waals surface area contributed by atoms with Gasteiger partial charge in [-0.1, -0.05) is 12.1 Å². The number of morpholine rings is 1. The van der Waals surface area contributed by atoms with E-state index < -0.39 is 5.97 Å². The van der Waals surface area contributed by atoms with Gasteiger partial charge >= 0.3 is 5.97 Å². The van der Waals surface area contributed by atoms with Crippen molar-refractivity contribution in [2.45, 2.75) is 6.92 Å². The Morgan fingerprint density at radius 2 is 2.04 bits per heavy atom. The molecular formula is C19H19FN2O3. The molecule has 0 spiro atoms. The summed E-state index contributed by atoms with van der Waals surface area (Å²) in [6, 6.07) is 9.89. The highest BCUT2D eigenvalue weighted by molar-refractivity contribution is 5.91. The Hall–Kier alpha value is -2.73. The van der Waals surface area contributed by atoms with Gasteiger partial charge in [-0.3, -0.25) is 4.99 Å². The molecule has 25 heavy (non-hydrogen) atoms. The van der Waals surface area contributed by atoms with Crippen molar-refractivity contribution < 1.29 is 19.0 Å². The van der Waals surface area contributed by atoms with E-state index in [2.05, 4.69) is 4.99 Å². The van der Waals surface area contributed by atoms with Crippen molar-refractivity contribution in [3.63, 3.8) is 0 Å². The van der Waals surface area contributed by atoms with Crippen molar-refractivity contribution >= 4 is 23.6 Å². The summed E-state index contributed by atoms with van der Waals surface area (Å²) in [5.41, 5.74) is 2.52. The van der Waals surface area contributed by atoms with Crippen LogP contribution in [-0.4, -0.2) is 43.6 Å². The molecule has 2 aromatic rings. The van der Waals surface area contributed by atoms with E-state index in [9.17, 15) is 9.18 Å². The molecule has 0 radical (unpaired) electrons. The molecule has 0 aliphatic carbocycles. The number of benzene rings is 2. The van der Waals surface area contributed by atoms with Gasteiger partial charge in [0.2, 0.25) is 0 Å². The molecule has 1 aliphatic rings. The number of aromatic carboxylic acids is 1. The molecule has 0 saturated carbocycles. The Morgan fingerprint density at radius 3 is 2.72 bits per heavy atom. The van der Waals surface area contributed by atoms with Crippen LogP contribution in [0, 0.1) is 12.7 Å². The molecule has 2 aromatic carbocycles. The van der Waals surface area contributed by atoms with Crippen molar-refractivity contribution in [1.29, 1.82) is 0 Å². The third-order valence-corrected chi connectivity index (χ3v) is 4.21. The van der Waals surface area contributed by atoms with Crippen LogP contribution in [0.4, 0.5) is 15.8 Å². The Bertz CT molecular complexity index is 814. The summed E-state index contributed by atoms with van der Waals surface area (Å²) in [6.45, 7) is 4.25. The first-order chi connectivity index (χ1) is 12.1. The van der Waals surface area contributed by atoms with Gasteiger partial charge in [0.15, 0.2) is 0 Å². The summed E-state index contributed by atoms with van der Waals surface area (Å²) >= 11 is 0. The maximum absolute atomic E-state index is 14.4. The largest absolute Gasteiger partial charge is 0.478 e. The Morgan fingerprint density at radius 1 is 1.28 bits per heavy atom. The van der Waals surface area contributed by atoms with E-state index in [1.807, 2.05) is 4.90 Å². The highest BCUT2D eigenvalue weighted by Crippen LogP contribution is 2.24. The number of hydrogen-bond acceptors (Lipinski definition) is 4. The maximum atomic E-state index is 14.4. The summed E-state index contributed by atoms with van der Waals surface area (Å²) in [4.78, 5) is 17.4. The van der Waals surface area contributed by atoms with Crippen LogP contribution in [0.25, 0.3) is 0 Å². The van der Waals surface area contributed by atoms with Crippen LogP contribution in [0.1, 0.15) is 21.5 Å². The molecule has 1 saturated heterocycles. The van der Waals surface area contributed by atoms with Crippen LogP contribution in [0.3, 0.4) is 0 Å². The van der Waals surface area contributed by atoms with Gasteiger partial charge in [0, 0.05) is 19.3 Å². The summed E-state index contributed by atoms with van der Waals surface area (Å²) in [5.74, 6) is -1.29. The van der Waals surface area contributed by atoms with Crippen LogP contribution in [0.15, 0.2) is 41.4 Å². The Kier molecular flexibility index (Phi) is 5.09. The molecule has 0 amide bonds. The molecular weight excluding hydrogens is 323 g/mol. The second kappa shape index (κ2) is 7.44. The summed E-state index contributed by atoms with van der Waals surface area (Å²) in [5, 5.41) is 9.15. The number of nitrogens with zero attached hydrogens (tertiary/aromatic N) is 2. The van der Waals surface area contributed by atoms with Crippen molar-refractivity contribution in [3.8, 4) is 0 Å². The first kappa shape index (κ1) is 17.1. The van der Waals surface area contributed by atoms with Crippen molar-refractivity contribution in [2.24, 2.45) is 4.99 Å². The number of aliphatic imine (C=N–C) groups is 1. The zero-order valence-electron chi connectivity index (χ0n) is 13.9. The lowest BCUT2D eigenvalue weighted by atomic mass is 10.1. The van der Waals surface area contributed by atoms with Gasteiger partial charge in [-0.25, -0.2) is 9.18 Å². The lowest BCUT2D eigenvalue weighted by Crippen LogP contribution is -2.36. The predicted octanol–water partition coefficient (Wildman–Crippen LogP) is 3.42. The zero-order chi connectivity index (χ0) is 17.8. The van der Waals surface area contributed by atoms with Gasteiger partial charge in [-0.15, -0.1) is 0 Å². The number of rotatable bonds is 4. The van der Waals surface area contributed by atoms with Crippen LogP contribution < -0.4 is 4.90 Å². The molecule has 1 fully saturated rings. The number of carbonyl (C=O) groups is 1. The van der Waals surface area contributed by atoms with E-state index in [1.54, 1.807) is 37.4 Å². The summed E-state index contributed by atoms with van der Waals surface area (Å²) in [6.07, 6.45) is 1.54. The molecule has 5 nitrogen and oxygen atoms in total. The normalized spacial score (nSPS) is 14.9. The summed E-state index contributed by atoms with van der Waals surface area (Å²) < 4.78 is 19.7. The van der Waals surface area contributed by atoms with E-state index in [-0.39, 0.29) is 11.4 Å². The highest BCUT2D eigenvalue weighted by Gasteiger charge is 2.15. The molecule has 0 aromatic heterocycles. The van der Waals surface area contributed by atoms with Crippen LogP contribution in [0.2, 0.25) is 0 Å². The van der Waals surface area contributed by atoms with Gasteiger partial charge in [0.25, 0.3) is 0 Å². The number of carboxylic acids is 1. The van der Waals surface area contributed by atoms with E-state index in [1.165, 1.54) is 12.1 Å². The highest BCUT2D eigenvalue weighted by atomic mass is 19.1. The molecule has 1 heterocycles. The number of carboxylic acid groups (broad SMARTS) is 1. The summed E-state index contributed by atoms with van der Waals surface area (Å²) in [7, 11) is 0. The molecule has 130 valence electrons. The van der Waals surface area contributed by atoms with Gasteiger partial charge < -0.3 is 14.7 Å². The minimum Gasteiger partial charge on any atom is -0.478 e. The Balaban J connectivity index is 1.81. The van der Waals surface area contributed by atoms with E-state index >= 15 is 0 Å². The van der Waals surface area contributed by atoms with E-state index in [0.29, 0.717) is 48.8 Å². The monoisotopic (exact) mass is 342 g/mol. The fourth-order valence-electron chi connectivity index (χ4n) is 2.80. The lowest BCUT2D eigenvalue weighted by Gasteiger charge is -2.29. The van der Waals surface area contributed by atoms with Crippen LogP contribution in [-0.2, 0) is 4.74 Å². The molecule has 1 aliphatic heterocycles. The first-order valence-electron chi connectivity index (χ1n) is 8.05. The second-order valence-corrected chi connectivity index (χ2v) is 5.82. The fraction of sp³-hybridized carbons (Fsp3) is 0.263. The number of hydrogen-bond donors (Lipinski definition) is 1. The molecule has 6 heteroatoms.